The van der Waals surface area contributed by atoms with Gasteiger partial charge in [0.15, 0.2) is 0 Å². The first-order chi connectivity index (χ1) is 14.3. The van der Waals surface area contributed by atoms with E-state index in [-0.39, 0.29) is 0 Å². The van der Waals surface area contributed by atoms with Crippen molar-refractivity contribution in [2.24, 2.45) is 0 Å². The van der Waals surface area contributed by atoms with E-state index in [2.05, 4.69) is 91.2 Å². The van der Waals surface area contributed by atoms with Crippen LogP contribution in [0.15, 0.2) is 77.7 Å². The van der Waals surface area contributed by atoms with Gasteiger partial charge in [-0.25, -0.2) is 4.98 Å². The monoisotopic (exact) mass is 400 g/mol. The third-order valence-electron chi connectivity index (χ3n) is 5.27. The lowest BCUT2D eigenvalue weighted by molar-refractivity contribution is 0.662. The molecule has 1 aromatic heterocycles. The van der Waals surface area contributed by atoms with E-state index in [9.17, 15) is 0 Å². The number of aryl methyl sites for hydroxylation is 3. The molecule has 0 bridgehead atoms. The molecule has 0 aliphatic carbocycles. The van der Waals surface area contributed by atoms with Crippen LogP contribution in [-0.2, 0) is 13.0 Å². The molecular weight excluding hydrogens is 372 g/mol. The van der Waals surface area contributed by atoms with Crippen molar-refractivity contribution in [1.29, 1.82) is 0 Å². The van der Waals surface area contributed by atoms with Gasteiger partial charge in [0.2, 0.25) is 0 Å². The van der Waals surface area contributed by atoms with Crippen molar-refractivity contribution >= 4 is 22.8 Å². The Morgan fingerprint density at radius 3 is 2.52 bits per heavy atom. The molecule has 0 saturated heterocycles. The standard InChI is InChI=1S/C26H28N2S/c1-3-18-29-22-15-16-24-25(19-22)28(17-9-13-21-11-5-4-6-12-21)26(27-24)23-14-8-7-10-20(23)2/h4-8,10-12,14-16,19H,3,9,13,17-18H2,1-2H3. The molecule has 0 atom stereocenters. The third kappa shape index (κ3) is 4.56. The second kappa shape index (κ2) is 9.32. The molecule has 1 heterocycles. The van der Waals surface area contributed by atoms with Gasteiger partial charge in [-0.2, -0.15) is 0 Å². The van der Waals surface area contributed by atoms with Crippen LogP contribution in [0, 0.1) is 6.92 Å². The molecule has 4 aromatic rings. The van der Waals surface area contributed by atoms with Gasteiger partial charge in [-0.05, 0) is 61.3 Å². The summed E-state index contributed by atoms with van der Waals surface area (Å²) >= 11 is 1.93. The molecule has 0 saturated carbocycles. The van der Waals surface area contributed by atoms with E-state index in [1.54, 1.807) is 0 Å². The summed E-state index contributed by atoms with van der Waals surface area (Å²) in [6, 6.07) is 26.1. The SMILES string of the molecule is CCCSc1ccc2nc(-c3ccccc3C)n(CCCc3ccccc3)c2c1. The number of aromatic nitrogens is 2. The maximum atomic E-state index is 5.04. The highest BCUT2D eigenvalue weighted by molar-refractivity contribution is 7.99. The minimum atomic E-state index is 0.969. The lowest BCUT2D eigenvalue weighted by Gasteiger charge is -2.12. The van der Waals surface area contributed by atoms with Gasteiger partial charge in [0.05, 0.1) is 11.0 Å². The molecule has 0 spiro atoms. The summed E-state index contributed by atoms with van der Waals surface area (Å²) in [5.41, 5.74) is 6.23. The lowest BCUT2D eigenvalue weighted by Crippen LogP contribution is -2.03. The molecule has 0 unspecified atom stereocenters. The predicted octanol–water partition coefficient (Wildman–Crippen LogP) is 7.15. The van der Waals surface area contributed by atoms with Crippen molar-refractivity contribution in [3.05, 3.63) is 83.9 Å². The summed E-state index contributed by atoms with van der Waals surface area (Å²) in [5.74, 6) is 2.24. The number of thioether (sulfide) groups is 1. The zero-order chi connectivity index (χ0) is 20.1. The van der Waals surface area contributed by atoms with Crippen LogP contribution in [0.1, 0.15) is 30.9 Å². The van der Waals surface area contributed by atoms with Crippen LogP contribution >= 0.6 is 11.8 Å². The first kappa shape index (κ1) is 19.8. The van der Waals surface area contributed by atoms with Crippen LogP contribution in [0.4, 0.5) is 0 Å². The average Bonchev–Trinajstić information content (AvgIpc) is 3.11. The van der Waals surface area contributed by atoms with E-state index in [4.69, 9.17) is 4.98 Å². The largest absolute Gasteiger partial charge is 0.324 e. The maximum absolute atomic E-state index is 5.04. The molecule has 0 radical (unpaired) electrons. The van der Waals surface area contributed by atoms with Crippen LogP contribution in [0.5, 0.6) is 0 Å². The Morgan fingerprint density at radius 2 is 1.72 bits per heavy atom. The van der Waals surface area contributed by atoms with Gasteiger partial charge in [-0.1, -0.05) is 61.5 Å². The van der Waals surface area contributed by atoms with Crippen LogP contribution < -0.4 is 0 Å². The molecule has 0 amide bonds. The van der Waals surface area contributed by atoms with Crippen LogP contribution in [-0.4, -0.2) is 15.3 Å². The summed E-state index contributed by atoms with van der Waals surface area (Å²) in [5, 5.41) is 0. The van der Waals surface area contributed by atoms with Crippen molar-refractivity contribution < 1.29 is 0 Å². The number of rotatable bonds is 8. The van der Waals surface area contributed by atoms with Crippen molar-refractivity contribution in [1.82, 2.24) is 9.55 Å². The quantitative estimate of drug-likeness (QED) is 0.292. The lowest BCUT2D eigenvalue weighted by atomic mass is 10.1. The summed E-state index contributed by atoms with van der Waals surface area (Å²) in [6.45, 7) is 5.37. The van der Waals surface area contributed by atoms with Gasteiger partial charge in [0, 0.05) is 17.0 Å². The van der Waals surface area contributed by atoms with E-state index in [0.29, 0.717) is 0 Å². The Bertz CT molecular complexity index is 1080. The van der Waals surface area contributed by atoms with Crippen molar-refractivity contribution in [2.45, 2.75) is 44.6 Å². The van der Waals surface area contributed by atoms with Gasteiger partial charge in [0.1, 0.15) is 5.82 Å². The molecule has 148 valence electrons. The minimum Gasteiger partial charge on any atom is -0.324 e. The highest BCUT2D eigenvalue weighted by Gasteiger charge is 2.14. The number of hydrogen-bond acceptors (Lipinski definition) is 2. The van der Waals surface area contributed by atoms with Crippen LogP contribution in [0.25, 0.3) is 22.4 Å². The van der Waals surface area contributed by atoms with Gasteiger partial charge >= 0.3 is 0 Å². The van der Waals surface area contributed by atoms with Crippen molar-refractivity contribution in [3.8, 4) is 11.4 Å². The first-order valence-corrected chi connectivity index (χ1v) is 11.5. The molecule has 3 heteroatoms. The average molecular weight is 401 g/mol. The van der Waals surface area contributed by atoms with Crippen molar-refractivity contribution in [3.63, 3.8) is 0 Å². The van der Waals surface area contributed by atoms with E-state index in [1.165, 1.54) is 33.5 Å². The van der Waals surface area contributed by atoms with E-state index in [1.807, 2.05) is 11.8 Å². The Kier molecular flexibility index (Phi) is 6.36. The van der Waals surface area contributed by atoms with Crippen molar-refractivity contribution in [2.75, 3.05) is 5.75 Å². The molecule has 2 nitrogen and oxygen atoms in total. The zero-order valence-corrected chi connectivity index (χ0v) is 18.1. The van der Waals surface area contributed by atoms with Crippen LogP contribution in [0.3, 0.4) is 0 Å². The Morgan fingerprint density at radius 1 is 0.931 bits per heavy atom. The Hall–Kier alpha value is -2.52. The number of hydrogen-bond donors (Lipinski definition) is 0. The van der Waals surface area contributed by atoms with Gasteiger partial charge in [-0.3, -0.25) is 0 Å². The van der Waals surface area contributed by atoms with Crippen LogP contribution in [0.2, 0.25) is 0 Å². The van der Waals surface area contributed by atoms with Gasteiger partial charge in [0.25, 0.3) is 0 Å². The van der Waals surface area contributed by atoms with E-state index in [0.717, 1.165) is 36.5 Å². The number of fused-ring (bicyclic) bond motifs is 1. The molecule has 29 heavy (non-hydrogen) atoms. The first-order valence-electron chi connectivity index (χ1n) is 10.5. The second-order valence-electron chi connectivity index (χ2n) is 7.49. The molecular formula is C26H28N2S. The fourth-order valence-electron chi connectivity index (χ4n) is 3.75. The second-order valence-corrected chi connectivity index (χ2v) is 8.66. The fraction of sp³-hybridized carbons (Fsp3) is 0.269. The minimum absolute atomic E-state index is 0.969. The molecule has 3 aromatic carbocycles. The molecule has 0 aliphatic rings. The normalized spacial score (nSPS) is 11.2. The molecule has 0 aliphatic heterocycles. The summed E-state index contributed by atoms with van der Waals surface area (Å²) in [4.78, 5) is 6.38. The molecule has 0 N–H and O–H groups in total. The smallest absolute Gasteiger partial charge is 0.141 e. The third-order valence-corrected chi connectivity index (χ3v) is 6.47. The number of imidazole rings is 1. The van der Waals surface area contributed by atoms with E-state index < -0.39 is 0 Å². The number of benzene rings is 3. The van der Waals surface area contributed by atoms with Gasteiger partial charge < -0.3 is 4.57 Å². The fourth-order valence-corrected chi connectivity index (χ4v) is 4.55. The highest BCUT2D eigenvalue weighted by atomic mass is 32.2. The topological polar surface area (TPSA) is 17.8 Å². The summed E-state index contributed by atoms with van der Waals surface area (Å²) in [7, 11) is 0. The molecule has 0 fully saturated rings. The Labute approximate surface area is 178 Å². The molecule has 4 rings (SSSR count). The number of nitrogens with zero attached hydrogens (tertiary/aromatic N) is 2. The summed E-state index contributed by atoms with van der Waals surface area (Å²) in [6.07, 6.45) is 3.37. The Balaban J connectivity index is 1.70. The van der Waals surface area contributed by atoms with Gasteiger partial charge in [-0.15, -0.1) is 11.8 Å². The maximum Gasteiger partial charge on any atom is 0.141 e. The highest BCUT2D eigenvalue weighted by Crippen LogP contribution is 2.30. The van der Waals surface area contributed by atoms with E-state index >= 15 is 0 Å². The summed E-state index contributed by atoms with van der Waals surface area (Å²) < 4.78 is 2.43. The zero-order valence-electron chi connectivity index (χ0n) is 17.3. The predicted molar refractivity (Wildman–Crippen MR) is 126 cm³/mol.